The molecule has 0 radical (unpaired) electrons. The summed E-state index contributed by atoms with van der Waals surface area (Å²) in [4.78, 5) is 23.2. The van der Waals surface area contributed by atoms with Crippen molar-refractivity contribution in [3.8, 4) is 0 Å². The molecule has 0 aromatic rings. The number of carbonyl (C=O) groups excluding carboxylic acids is 1. The van der Waals surface area contributed by atoms with E-state index in [1.165, 1.54) is 39.0 Å². The minimum absolute atomic E-state index is 0.0714. The predicted molar refractivity (Wildman–Crippen MR) is 98.4 cm³/mol. The second-order valence-electron chi connectivity index (χ2n) is 10.5. The molecule has 2 bridgehead atoms. The van der Waals surface area contributed by atoms with Crippen molar-refractivity contribution in [2.75, 3.05) is 6.61 Å². The molecule has 0 aromatic heterocycles. The van der Waals surface area contributed by atoms with Gasteiger partial charge in [-0.2, -0.15) is 0 Å². The van der Waals surface area contributed by atoms with Gasteiger partial charge in [0.2, 0.25) is 0 Å². The van der Waals surface area contributed by atoms with Crippen LogP contribution in [0.2, 0.25) is 0 Å². The summed E-state index contributed by atoms with van der Waals surface area (Å²) in [7, 11) is 0. The first-order valence-corrected chi connectivity index (χ1v) is 10.6. The first kappa shape index (κ1) is 18.3. The van der Waals surface area contributed by atoms with Gasteiger partial charge >= 0.3 is 11.9 Å². The lowest BCUT2D eigenvalue weighted by atomic mass is 9.41. The maximum atomic E-state index is 11.8. The minimum atomic E-state index is -0.567. The zero-order chi connectivity index (χ0) is 18.7. The SMILES string of the molecule is CC(=O)OC[C@]1(C)CCC[C@]2(C)C1CC[C@@]13C[C@@H](CCC12)[C@@H](C(=O)O)C3. The second kappa shape index (κ2) is 5.97. The van der Waals surface area contributed by atoms with E-state index in [2.05, 4.69) is 13.8 Å². The fourth-order valence-electron chi connectivity index (χ4n) is 8.31. The Kier molecular flexibility index (Phi) is 4.20. The molecule has 7 atom stereocenters. The Morgan fingerprint density at radius 2 is 1.81 bits per heavy atom. The van der Waals surface area contributed by atoms with E-state index in [0.29, 0.717) is 24.4 Å². The Morgan fingerprint density at radius 1 is 1.04 bits per heavy atom. The summed E-state index contributed by atoms with van der Waals surface area (Å²) in [5, 5.41) is 9.70. The second-order valence-corrected chi connectivity index (χ2v) is 10.5. The third kappa shape index (κ3) is 2.54. The topological polar surface area (TPSA) is 63.6 Å². The minimum Gasteiger partial charge on any atom is -0.481 e. The number of ether oxygens (including phenoxy) is 1. The van der Waals surface area contributed by atoms with Crippen molar-refractivity contribution >= 4 is 11.9 Å². The van der Waals surface area contributed by atoms with E-state index < -0.39 is 5.97 Å². The normalized spacial score (nSPS) is 49.8. The Hall–Kier alpha value is -1.06. The molecule has 4 aliphatic rings. The van der Waals surface area contributed by atoms with Crippen LogP contribution in [0.3, 0.4) is 0 Å². The summed E-state index contributed by atoms with van der Waals surface area (Å²) < 4.78 is 5.51. The van der Waals surface area contributed by atoms with Crippen molar-refractivity contribution in [3.05, 3.63) is 0 Å². The molecule has 1 N–H and O–H groups in total. The van der Waals surface area contributed by atoms with Gasteiger partial charge in [0.15, 0.2) is 0 Å². The molecular formula is C22H34O4. The molecule has 4 aliphatic carbocycles. The number of fused-ring (bicyclic) bond motifs is 3. The zero-order valence-corrected chi connectivity index (χ0v) is 16.6. The molecule has 4 nitrogen and oxygen atoms in total. The highest BCUT2D eigenvalue weighted by atomic mass is 16.5. The van der Waals surface area contributed by atoms with Crippen molar-refractivity contribution in [1.29, 1.82) is 0 Å². The molecule has 4 saturated carbocycles. The van der Waals surface area contributed by atoms with Gasteiger partial charge in [-0.05, 0) is 80.0 Å². The average molecular weight is 363 g/mol. The van der Waals surface area contributed by atoms with Crippen molar-refractivity contribution in [1.82, 2.24) is 0 Å². The smallest absolute Gasteiger partial charge is 0.306 e. The first-order chi connectivity index (χ1) is 12.2. The summed E-state index contributed by atoms with van der Waals surface area (Å²) in [5.74, 6) is 0.774. The number of carboxylic acid groups (broad SMARTS) is 1. The van der Waals surface area contributed by atoms with Crippen LogP contribution in [0.4, 0.5) is 0 Å². The van der Waals surface area contributed by atoms with E-state index in [0.717, 1.165) is 25.7 Å². The van der Waals surface area contributed by atoms with Crippen LogP contribution in [-0.2, 0) is 14.3 Å². The molecular weight excluding hydrogens is 328 g/mol. The quantitative estimate of drug-likeness (QED) is 0.742. The van der Waals surface area contributed by atoms with Crippen LogP contribution in [0, 0.1) is 39.9 Å². The standard InChI is InChI=1S/C22H34O4/c1-14(23)26-13-20(2)8-4-9-21(3)17(20)7-10-22-11-15(5-6-18(21)22)16(12-22)19(24)25/h15-18H,4-13H2,1-3H3,(H,24,25)/t15-,16+,17?,18?,20+,21-,22+/m1/s1. The van der Waals surface area contributed by atoms with E-state index in [9.17, 15) is 14.7 Å². The van der Waals surface area contributed by atoms with Gasteiger partial charge < -0.3 is 9.84 Å². The molecule has 0 heterocycles. The van der Waals surface area contributed by atoms with E-state index in [1.54, 1.807) is 0 Å². The molecule has 2 unspecified atom stereocenters. The summed E-state index contributed by atoms with van der Waals surface area (Å²) in [6.07, 6.45) is 10.3. The number of rotatable bonds is 3. The van der Waals surface area contributed by atoms with Crippen LogP contribution in [-0.4, -0.2) is 23.7 Å². The number of hydrogen-bond acceptors (Lipinski definition) is 3. The molecule has 4 rings (SSSR count). The number of aliphatic carboxylic acids is 1. The van der Waals surface area contributed by atoms with Crippen molar-refractivity contribution < 1.29 is 19.4 Å². The van der Waals surface area contributed by atoms with Gasteiger partial charge in [0.25, 0.3) is 0 Å². The van der Waals surface area contributed by atoms with Crippen LogP contribution in [0.25, 0.3) is 0 Å². The molecule has 0 aromatic carbocycles. The van der Waals surface area contributed by atoms with Gasteiger partial charge in [-0.25, -0.2) is 0 Å². The van der Waals surface area contributed by atoms with E-state index in [4.69, 9.17) is 4.74 Å². The molecule has 4 fully saturated rings. The van der Waals surface area contributed by atoms with Gasteiger partial charge in [0.1, 0.15) is 0 Å². The van der Waals surface area contributed by atoms with E-state index in [-0.39, 0.29) is 28.1 Å². The maximum Gasteiger partial charge on any atom is 0.306 e. The van der Waals surface area contributed by atoms with Crippen LogP contribution in [0.1, 0.15) is 78.6 Å². The zero-order valence-electron chi connectivity index (χ0n) is 16.6. The fraction of sp³-hybridized carbons (Fsp3) is 0.909. The summed E-state index contributed by atoms with van der Waals surface area (Å²) in [6, 6.07) is 0. The highest BCUT2D eigenvalue weighted by Crippen LogP contribution is 2.72. The molecule has 0 saturated heterocycles. The molecule has 0 aliphatic heterocycles. The fourth-order valence-corrected chi connectivity index (χ4v) is 8.31. The van der Waals surface area contributed by atoms with Crippen molar-refractivity contribution in [2.24, 2.45) is 39.9 Å². The Balaban J connectivity index is 1.63. The van der Waals surface area contributed by atoms with Gasteiger partial charge in [-0.3, -0.25) is 9.59 Å². The van der Waals surface area contributed by atoms with Gasteiger partial charge in [-0.15, -0.1) is 0 Å². The van der Waals surface area contributed by atoms with Gasteiger partial charge in [0.05, 0.1) is 12.5 Å². The van der Waals surface area contributed by atoms with E-state index >= 15 is 0 Å². The van der Waals surface area contributed by atoms with Crippen LogP contribution < -0.4 is 0 Å². The Bertz CT molecular complexity index is 615. The summed E-state index contributed by atoms with van der Waals surface area (Å²) >= 11 is 0. The first-order valence-electron chi connectivity index (χ1n) is 10.6. The molecule has 1 spiro atoms. The third-order valence-corrected chi connectivity index (χ3v) is 9.18. The molecule has 4 heteroatoms. The van der Waals surface area contributed by atoms with Crippen LogP contribution in [0.5, 0.6) is 0 Å². The molecule has 26 heavy (non-hydrogen) atoms. The number of hydrogen-bond donors (Lipinski definition) is 1. The maximum absolute atomic E-state index is 11.8. The monoisotopic (exact) mass is 362 g/mol. The summed E-state index contributed by atoms with van der Waals surface area (Å²) in [6.45, 7) is 6.87. The van der Waals surface area contributed by atoms with Crippen LogP contribution in [0.15, 0.2) is 0 Å². The number of carbonyl (C=O) groups is 2. The van der Waals surface area contributed by atoms with Crippen molar-refractivity contribution in [2.45, 2.75) is 78.6 Å². The Labute approximate surface area is 157 Å². The lowest BCUT2D eigenvalue weighted by molar-refractivity contribution is -0.172. The molecule has 0 amide bonds. The van der Waals surface area contributed by atoms with Crippen molar-refractivity contribution in [3.63, 3.8) is 0 Å². The van der Waals surface area contributed by atoms with E-state index in [1.807, 2.05) is 0 Å². The van der Waals surface area contributed by atoms with Gasteiger partial charge in [-0.1, -0.05) is 20.3 Å². The highest BCUT2D eigenvalue weighted by Gasteiger charge is 2.65. The number of esters is 1. The number of carboxylic acids is 1. The third-order valence-electron chi connectivity index (χ3n) is 9.18. The average Bonchev–Trinajstić information content (AvgIpc) is 2.84. The largest absolute Gasteiger partial charge is 0.481 e. The molecule has 146 valence electrons. The highest BCUT2D eigenvalue weighted by molar-refractivity contribution is 5.71. The Morgan fingerprint density at radius 3 is 2.50 bits per heavy atom. The van der Waals surface area contributed by atoms with Crippen LogP contribution >= 0.6 is 0 Å². The predicted octanol–water partition coefficient (Wildman–Crippen LogP) is 4.66. The lowest BCUT2D eigenvalue weighted by Crippen LogP contribution is -2.57. The lowest BCUT2D eigenvalue weighted by Gasteiger charge is -2.64. The van der Waals surface area contributed by atoms with Gasteiger partial charge in [0, 0.05) is 12.3 Å². The summed E-state index contributed by atoms with van der Waals surface area (Å²) in [5.41, 5.74) is 0.600.